The minimum absolute atomic E-state index is 0.103. The zero-order valence-corrected chi connectivity index (χ0v) is 18.3. The minimum atomic E-state index is -0.306. The van der Waals surface area contributed by atoms with Gasteiger partial charge in [-0.25, -0.2) is 4.98 Å². The van der Waals surface area contributed by atoms with E-state index in [0.717, 1.165) is 41.0 Å². The molecule has 4 rings (SSSR count). The van der Waals surface area contributed by atoms with Gasteiger partial charge in [-0.1, -0.05) is 31.1 Å². The smallest absolute Gasteiger partial charge is 0.270 e. The molecule has 8 heteroatoms. The van der Waals surface area contributed by atoms with Gasteiger partial charge >= 0.3 is 0 Å². The highest BCUT2D eigenvalue weighted by molar-refractivity contribution is 7.80. The van der Waals surface area contributed by atoms with Crippen molar-refractivity contribution in [3.05, 3.63) is 52.3 Å². The number of pyridine rings is 1. The first kappa shape index (κ1) is 20.3. The fraction of sp³-hybridized carbons (Fsp3) is 0.364. The molecule has 0 unspecified atom stereocenters. The monoisotopic (exact) mass is 423 g/mol. The van der Waals surface area contributed by atoms with Crippen LogP contribution in [0.4, 0.5) is 5.69 Å². The fourth-order valence-electron chi connectivity index (χ4n) is 3.36. The lowest BCUT2D eigenvalue weighted by Crippen LogP contribution is -2.44. The lowest BCUT2D eigenvalue weighted by molar-refractivity contribution is 0.0945. The molecular formula is C22H25N5O2S. The van der Waals surface area contributed by atoms with Gasteiger partial charge in [0.25, 0.3) is 11.6 Å². The second-order valence-corrected chi connectivity index (χ2v) is 8.53. The number of carbonyl (C=O) groups is 1. The number of thiocarbonyl (C=S) groups is 1. The lowest BCUT2D eigenvalue weighted by atomic mass is 10.0. The molecule has 3 N–H and O–H groups in total. The van der Waals surface area contributed by atoms with Crippen molar-refractivity contribution in [2.24, 2.45) is 0 Å². The summed E-state index contributed by atoms with van der Waals surface area (Å²) in [6, 6.07) is 7.91. The van der Waals surface area contributed by atoms with Crippen LogP contribution < -0.4 is 16.2 Å². The second-order valence-electron chi connectivity index (χ2n) is 8.12. The van der Waals surface area contributed by atoms with Gasteiger partial charge in [-0.2, -0.15) is 0 Å². The van der Waals surface area contributed by atoms with E-state index in [0.29, 0.717) is 27.7 Å². The lowest BCUT2D eigenvalue weighted by Gasteiger charge is -2.14. The van der Waals surface area contributed by atoms with E-state index in [1.807, 2.05) is 52.0 Å². The summed E-state index contributed by atoms with van der Waals surface area (Å²) in [6.45, 7) is 8.03. The van der Waals surface area contributed by atoms with Gasteiger partial charge in [-0.05, 0) is 68.1 Å². The normalized spacial score (nSPS) is 13.5. The molecule has 156 valence electrons. The van der Waals surface area contributed by atoms with E-state index in [1.165, 1.54) is 0 Å². The maximum Gasteiger partial charge on any atom is 0.270 e. The number of fused-ring (bicyclic) bond motifs is 1. The van der Waals surface area contributed by atoms with Gasteiger partial charge in [0.05, 0.1) is 16.6 Å². The van der Waals surface area contributed by atoms with Crippen LogP contribution in [0.5, 0.6) is 0 Å². The standard InChI is InChI=1S/C22H25N5O2S/c1-11(2)19-18-15(10-17(14-7-8-14)23-21(18)29-27-19)20(28)25-26-22(30)24-16-9-12(3)5-6-13(16)4/h5-6,9-11,14H,7-8H2,1-4H3,(H,25,28)(H2,24,26,30). The third-order valence-electron chi connectivity index (χ3n) is 5.21. The Hall–Kier alpha value is -3.00. The van der Waals surface area contributed by atoms with Gasteiger partial charge in [0.1, 0.15) is 0 Å². The molecule has 7 nitrogen and oxygen atoms in total. The molecule has 0 spiro atoms. The molecule has 1 saturated carbocycles. The highest BCUT2D eigenvalue weighted by atomic mass is 32.1. The number of hydrogen-bond donors (Lipinski definition) is 3. The SMILES string of the molecule is Cc1ccc(C)c(NC(=S)NNC(=O)c2cc(C3CC3)nc3onc(C(C)C)c23)c1. The molecule has 30 heavy (non-hydrogen) atoms. The molecule has 1 amide bonds. The van der Waals surface area contributed by atoms with Crippen LogP contribution in [0.3, 0.4) is 0 Å². The van der Waals surface area contributed by atoms with Crippen molar-refractivity contribution < 1.29 is 9.32 Å². The van der Waals surface area contributed by atoms with E-state index in [9.17, 15) is 4.79 Å². The average molecular weight is 424 g/mol. The first-order valence-electron chi connectivity index (χ1n) is 10.1. The van der Waals surface area contributed by atoms with Gasteiger partial charge in [0.2, 0.25) is 0 Å². The summed E-state index contributed by atoms with van der Waals surface area (Å²) >= 11 is 5.35. The first-order valence-corrected chi connectivity index (χ1v) is 10.5. The largest absolute Gasteiger partial charge is 0.335 e. The van der Waals surface area contributed by atoms with Crippen molar-refractivity contribution >= 4 is 40.0 Å². The van der Waals surface area contributed by atoms with Crippen LogP contribution in [-0.4, -0.2) is 21.2 Å². The molecule has 0 aliphatic heterocycles. The van der Waals surface area contributed by atoms with Gasteiger partial charge in [-0.15, -0.1) is 0 Å². The first-order chi connectivity index (χ1) is 14.3. The second kappa shape index (κ2) is 8.02. The molecule has 2 aromatic heterocycles. The van der Waals surface area contributed by atoms with Gasteiger partial charge < -0.3 is 9.84 Å². The molecular weight excluding hydrogens is 398 g/mol. The van der Waals surface area contributed by atoms with Crippen LogP contribution in [0, 0.1) is 13.8 Å². The summed E-state index contributed by atoms with van der Waals surface area (Å²) in [5.41, 5.74) is 11.1. The number of nitrogens with one attached hydrogen (secondary N) is 3. The zero-order chi connectivity index (χ0) is 21.4. The third kappa shape index (κ3) is 4.14. The summed E-state index contributed by atoms with van der Waals surface area (Å²) in [7, 11) is 0. The van der Waals surface area contributed by atoms with Crippen LogP contribution in [0.1, 0.15) is 71.4 Å². The topological polar surface area (TPSA) is 92.1 Å². The van der Waals surface area contributed by atoms with Crippen LogP contribution in [0.2, 0.25) is 0 Å². The van der Waals surface area contributed by atoms with E-state index in [2.05, 4.69) is 26.3 Å². The number of nitrogens with zero attached hydrogens (tertiary/aromatic N) is 2. The Morgan fingerprint density at radius 2 is 1.97 bits per heavy atom. The van der Waals surface area contributed by atoms with Crippen molar-refractivity contribution in [1.82, 2.24) is 21.0 Å². The molecule has 0 bridgehead atoms. The highest BCUT2D eigenvalue weighted by Crippen LogP contribution is 2.41. The highest BCUT2D eigenvalue weighted by Gasteiger charge is 2.29. The summed E-state index contributed by atoms with van der Waals surface area (Å²) in [4.78, 5) is 17.6. The van der Waals surface area contributed by atoms with Gasteiger partial charge in [0.15, 0.2) is 5.11 Å². The number of rotatable bonds is 4. The predicted octanol–water partition coefficient (Wildman–Crippen LogP) is 4.47. The molecule has 1 aliphatic rings. The Labute approximate surface area is 180 Å². The quantitative estimate of drug-likeness (QED) is 0.421. The van der Waals surface area contributed by atoms with E-state index in [-0.39, 0.29) is 11.8 Å². The minimum Gasteiger partial charge on any atom is -0.335 e. The zero-order valence-electron chi connectivity index (χ0n) is 17.5. The molecule has 3 aromatic rings. The Kier molecular flexibility index (Phi) is 5.42. The van der Waals surface area contributed by atoms with Crippen molar-refractivity contribution in [1.29, 1.82) is 0 Å². The van der Waals surface area contributed by atoms with Crippen molar-refractivity contribution in [2.75, 3.05) is 5.32 Å². The molecule has 1 fully saturated rings. The summed E-state index contributed by atoms with van der Waals surface area (Å²) in [5.74, 6) is 0.180. The Balaban J connectivity index is 1.54. The number of aryl methyl sites for hydroxylation is 2. The number of benzene rings is 1. The maximum absolute atomic E-state index is 13.0. The molecule has 0 saturated heterocycles. The molecule has 1 aliphatic carbocycles. The number of anilines is 1. The number of amides is 1. The number of hydrogen-bond acceptors (Lipinski definition) is 5. The average Bonchev–Trinajstić information content (AvgIpc) is 3.47. The van der Waals surface area contributed by atoms with E-state index >= 15 is 0 Å². The Morgan fingerprint density at radius 1 is 1.20 bits per heavy atom. The molecule has 0 atom stereocenters. The fourth-order valence-corrected chi connectivity index (χ4v) is 3.52. The van der Waals surface area contributed by atoms with Gasteiger partial charge in [0, 0.05) is 17.3 Å². The number of hydrazine groups is 1. The number of carbonyl (C=O) groups excluding carboxylic acids is 1. The van der Waals surface area contributed by atoms with Crippen molar-refractivity contribution in [3.63, 3.8) is 0 Å². The predicted molar refractivity (Wildman–Crippen MR) is 121 cm³/mol. The van der Waals surface area contributed by atoms with E-state index < -0.39 is 0 Å². The molecule has 2 heterocycles. The summed E-state index contributed by atoms with van der Waals surface area (Å²) < 4.78 is 5.45. The summed E-state index contributed by atoms with van der Waals surface area (Å²) in [5, 5.41) is 8.23. The van der Waals surface area contributed by atoms with E-state index in [1.54, 1.807) is 0 Å². The maximum atomic E-state index is 13.0. The van der Waals surface area contributed by atoms with E-state index in [4.69, 9.17) is 16.7 Å². The van der Waals surface area contributed by atoms with Gasteiger partial charge in [-0.3, -0.25) is 15.6 Å². The van der Waals surface area contributed by atoms with Crippen molar-refractivity contribution in [2.45, 2.75) is 52.4 Å². The van der Waals surface area contributed by atoms with Crippen LogP contribution in [-0.2, 0) is 0 Å². The van der Waals surface area contributed by atoms with Crippen LogP contribution >= 0.6 is 12.2 Å². The molecule has 0 radical (unpaired) electrons. The Bertz CT molecular complexity index is 1130. The third-order valence-corrected chi connectivity index (χ3v) is 5.41. The van der Waals surface area contributed by atoms with Crippen molar-refractivity contribution in [3.8, 4) is 0 Å². The number of aromatic nitrogens is 2. The Morgan fingerprint density at radius 3 is 2.67 bits per heavy atom. The van der Waals surface area contributed by atoms with Crippen LogP contribution in [0.15, 0.2) is 28.8 Å². The van der Waals surface area contributed by atoms with Crippen LogP contribution in [0.25, 0.3) is 11.1 Å². The molecule has 1 aromatic carbocycles. The summed E-state index contributed by atoms with van der Waals surface area (Å²) in [6.07, 6.45) is 2.15.